The van der Waals surface area contributed by atoms with Crippen molar-refractivity contribution in [3.8, 4) is 6.07 Å². The van der Waals surface area contributed by atoms with Crippen LogP contribution in [0.4, 0.5) is 5.69 Å². The van der Waals surface area contributed by atoms with Crippen LogP contribution in [0.3, 0.4) is 0 Å². The molecule has 1 fully saturated rings. The zero-order chi connectivity index (χ0) is 15.6. The number of nitriles is 1. The summed E-state index contributed by atoms with van der Waals surface area (Å²) in [5, 5.41) is 19.7. The standard InChI is InChI=1S/C18H17N5/c19-10-14-6-8-16(9-7-14)23-18-13-22(12-17(18)20-21-23)11-15-4-2-1-3-5-15/h1-9,17-18H,11-13H2/t17-,18+/m0/s1. The van der Waals surface area contributed by atoms with Gasteiger partial charge in [-0.1, -0.05) is 35.6 Å². The summed E-state index contributed by atoms with van der Waals surface area (Å²) < 4.78 is 0. The molecule has 114 valence electrons. The van der Waals surface area contributed by atoms with Crippen LogP contribution in [0.5, 0.6) is 0 Å². The van der Waals surface area contributed by atoms with E-state index in [2.05, 4.69) is 45.6 Å². The van der Waals surface area contributed by atoms with Crippen molar-refractivity contribution >= 4 is 5.69 Å². The van der Waals surface area contributed by atoms with Crippen LogP contribution in [0.15, 0.2) is 64.9 Å². The molecule has 5 nitrogen and oxygen atoms in total. The maximum atomic E-state index is 8.91. The van der Waals surface area contributed by atoms with E-state index in [9.17, 15) is 0 Å². The number of nitrogens with zero attached hydrogens (tertiary/aromatic N) is 5. The molecule has 23 heavy (non-hydrogen) atoms. The summed E-state index contributed by atoms with van der Waals surface area (Å²) >= 11 is 0. The van der Waals surface area contributed by atoms with E-state index in [1.165, 1.54) is 5.56 Å². The quantitative estimate of drug-likeness (QED) is 0.876. The summed E-state index contributed by atoms with van der Waals surface area (Å²) in [6.07, 6.45) is 0. The zero-order valence-corrected chi connectivity index (χ0v) is 12.7. The maximum absolute atomic E-state index is 8.91. The van der Waals surface area contributed by atoms with E-state index < -0.39 is 0 Å². The van der Waals surface area contributed by atoms with Gasteiger partial charge >= 0.3 is 0 Å². The molecular weight excluding hydrogens is 286 g/mol. The summed E-state index contributed by atoms with van der Waals surface area (Å²) in [6.45, 7) is 2.84. The Morgan fingerprint density at radius 2 is 1.83 bits per heavy atom. The maximum Gasteiger partial charge on any atom is 0.109 e. The molecule has 2 heterocycles. The third-order valence-corrected chi connectivity index (χ3v) is 4.46. The van der Waals surface area contributed by atoms with Crippen molar-refractivity contribution in [1.29, 1.82) is 5.26 Å². The monoisotopic (exact) mass is 303 g/mol. The number of benzene rings is 2. The minimum Gasteiger partial charge on any atom is -0.295 e. The van der Waals surface area contributed by atoms with Gasteiger partial charge in [-0.05, 0) is 29.8 Å². The van der Waals surface area contributed by atoms with Crippen molar-refractivity contribution in [1.82, 2.24) is 4.90 Å². The summed E-state index contributed by atoms with van der Waals surface area (Å²) in [7, 11) is 0. The normalized spacial score (nSPS) is 23.0. The van der Waals surface area contributed by atoms with Gasteiger partial charge in [-0.3, -0.25) is 4.90 Å². The molecule has 0 bridgehead atoms. The minimum absolute atomic E-state index is 0.231. The average Bonchev–Trinajstić information content (AvgIpc) is 3.16. The molecular formula is C18H17N5. The van der Waals surface area contributed by atoms with Gasteiger partial charge in [0.25, 0.3) is 0 Å². The first-order chi connectivity index (χ1) is 11.3. The Bertz CT molecular complexity index is 747. The summed E-state index contributed by atoms with van der Waals surface area (Å²) in [4.78, 5) is 2.43. The third kappa shape index (κ3) is 2.69. The number of hydrogen-bond acceptors (Lipinski definition) is 5. The number of fused-ring (bicyclic) bond motifs is 1. The van der Waals surface area contributed by atoms with Crippen LogP contribution < -0.4 is 5.01 Å². The Hall–Kier alpha value is -2.71. The highest BCUT2D eigenvalue weighted by Gasteiger charge is 2.41. The smallest absolute Gasteiger partial charge is 0.109 e. The molecule has 0 unspecified atom stereocenters. The van der Waals surface area contributed by atoms with Gasteiger partial charge in [0.2, 0.25) is 0 Å². The van der Waals surface area contributed by atoms with Crippen LogP contribution >= 0.6 is 0 Å². The first kappa shape index (κ1) is 13.9. The second kappa shape index (κ2) is 5.82. The first-order valence-electron chi connectivity index (χ1n) is 7.80. The number of anilines is 1. The van der Waals surface area contributed by atoms with Gasteiger partial charge in [-0.15, -0.1) is 0 Å². The van der Waals surface area contributed by atoms with Crippen molar-refractivity contribution < 1.29 is 0 Å². The van der Waals surface area contributed by atoms with Crippen LogP contribution in [0.1, 0.15) is 11.1 Å². The van der Waals surface area contributed by atoms with Crippen LogP contribution in [0.2, 0.25) is 0 Å². The van der Waals surface area contributed by atoms with Crippen LogP contribution in [-0.2, 0) is 6.54 Å². The lowest BCUT2D eigenvalue weighted by Crippen LogP contribution is -2.34. The topological polar surface area (TPSA) is 55.0 Å². The van der Waals surface area contributed by atoms with E-state index >= 15 is 0 Å². The number of rotatable bonds is 3. The van der Waals surface area contributed by atoms with Crippen molar-refractivity contribution in [3.63, 3.8) is 0 Å². The van der Waals surface area contributed by atoms with Crippen LogP contribution in [0.25, 0.3) is 0 Å². The predicted octanol–water partition coefficient (Wildman–Crippen LogP) is 3.00. The molecule has 2 aliphatic heterocycles. The number of hydrogen-bond donors (Lipinski definition) is 0. The summed E-state index contributed by atoms with van der Waals surface area (Å²) in [5.74, 6) is 0. The predicted molar refractivity (Wildman–Crippen MR) is 87.8 cm³/mol. The molecule has 0 saturated carbocycles. The van der Waals surface area contributed by atoms with Crippen LogP contribution in [-0.4, -0.2) is 30.1 Å². The molecule has 4 rings (SSSR count). The first-order valence-corrected chi connectivity index (χ1v) is 7.80. The van der Waals surface area contributed by atoms with Gasteiger partial charge in [0.05, 0.1) is 23.4 Å². The summed E-state index contributed by atoms with van der Waals surface area (Å²) in [5.41, 5.74) is 3.00. The van der Waals surface area contributed by atoms with Gasteiger partial charge in [0, 0.05) is 19.6 Å². The van der Waals surface area contributed by atoms with Gasteiger partial charge in [-0.2, -0.15) is 10.4 Å². The molecule has 0 aliphatic carbocycles. The van der Waals surface area contributed by atoms with E-state index in [1.54, 1.807) is 0 Å². The molecule has 2 atom stereocenters. The Morgan fingerprint density at radius 1 is 1.04 bits per heavy atom. The molecule has 0 spiro atoms. The largest absolute Gasteiger partial charge is 0.295 e. The molecule has 1 saturated heterocycles. The molecule has 0 N–H and O–H groups in total. The molecule has 2 aliphatic rings. The van der Waals surface area contributed by atoms with Crippen LogP contribution in [0, 0.1) is 11.3 Å². The molecule has 0 aromatic heterocycles. The van der Waals surface area contributed by atoms with E-state index in [0.717, 1.165) is 25.3 Å². The van der Waals surface area contributed by atoms with Gasteiger partial charge in [-0.25, -0.2) is 5.01 Å². The lowest BCUT2D eigenvalue weighted by molar-refractivity contribution is 0.318. The number of likely N-dealkylation sites (tertiary alicyclic amines) is 1. The Balaban J connectivity index is 1.47. The highest BCUT2D eigenvalue weighted by molar-refractivity contribution is 5.51. The third-order valence-electron chi connectivity index (χ3n) is 4.46. The SMILES string of the molecule is N#Cc1ccc(N2N=N[C@H]3CN(Cc4ccccc4)C[C@H]32)cc1. The van der Waals surface area contributed by atoms with Gasteiger partial charge < -0.3 is 0 Å². The average molecular weight is 303 g/mol. The Kier molecular flexibility index (Phi) is 3.52. The Labute approximate surface area is 135 Å². The molecule has 0 amide bonds. The molecule has 2 aromatic rings. The second-order valence-corrected chi connectivity index (χ2v) is 6.02. The summed E-state index contributed by atoms with van der Waals surface area (Å²) in [6, 6.07) is 20.7. The highest BCUT2D eigenvalue weighted by atomic mass is 15.6. The lowest BCUT2D eigenvalue weighted by atomic mass is 10.1. The van der Waals surface area contributed by atoms with E-state index in [-0.39, 0.29) is 12.1 Å². The van der Waals surface area contributed by atoms with E-state index in [4.69, 9.17) is 5.26 Å². The molecule has 2 aromatic carbocycles. The van der Waals surface area contributed by atoms with Crippen molar-refractivity contribution in [2.45, 2.75) is 18.6 Å². The Morgan fingerprint density at radius 3 is 2.57 bits per heavy atom. The zero-order valence-electron chi connectivity index (χ0n) is 12.7. The van der Waals surface area contributed by atoms with Crippen molar-refractivity contribution in [2.24, 2.45) is 10.3 Å². The van der Waals surface area contributed by atoms with Gasteiger partial charge in [0.1, 0.15) is 6.04 Å². The molecule has 5 heteroatoms. The minimum atomic E-state index is 0.231. The second-order valence-electron chi connectivity index (χ2n) is 6.02. The fourth-order valence-electron chi connectivity index (χ4n) is 3.29. The van der Waals surface area contributed by atoms with E-state index in [1.807, 2.05) is 35.3 Å². The van der Waals surface area contributed by atoms with Gasteiger partial charge in [0.15, 0.2) is 0 Å². The van der Waals surface area contributed by atoms with E-state index in [0.29, 0.717) is 5.56 Å². The molecule has 0 radical (unpaired) electrons. The van der Waals surface area contributed by atoms with Crippen molar-refractivity contribution in [2.75, 3.05) is 18.1 Å². The fourth-order valence-corrected chi connectivity index (χ4v) is 3.29. The fraction of sp³-hybridized carbons (Fsp3) is 0.278. The highest BCUT2D eigenvalue weighted by Crippen LogP contribution is 2.31. The van der Waals surface area contributed by atoms with Crippen molar-refractivity contribution in [3.05, 3.63) is 65.7 Å². The lowest BCUT2D eigenvalue weighted by Gasteiger charge is -2.22.